The van der Waals surface area contributed by atoms with Crippen molar-refractivity contribution in [3.05, 3.63) is 41.7 Å². The number of piperidine rings is 2. The molecule has 3 aliphatic rings. The SMILES string of the molecule is Cc1ccc(-c2ccc(N3CCC4(CC3)CCN(C3CCC3)CC4)nn2)c(F)c1. The van der Waals surface area contributed by atoms with Gasteiger partial charge < -0.3 is 9.80 Å². The van der Waals surface area contributed by atoms with Crippen molar-refractivity contribution < 1.29 is 4.39 Å². The van der Waals surface area contributed by atoms with E-state index in [0.29, 0.717) is 16.7 Å². The third-order valence-corrected chi connectivity index (χ3v) is 7.65. The molecule has 4 nitrogen and oxygen atoms in total. The molecule has 2 aromatic rings. The molecule has 154 valence electrons. The molecular formula is C24H31FN4. The second-order valence-corrected chi connectivity index (χ2v) is 9.37. The Hall–Kier alpha value is -2.01. The fourth-order valence-corrected chi connectivity index (χ4v) is 5.29. The number of aryl methyl sites for hydroxylation is 1. The Morgan fingerprint density at radius 1 is 0.931 bits per heavy atom. The van der Waals surface area contributed by atoms with Crippen LogP contribution in [0.15, 0.2) is 30.3 Å². The zero-order valence-electron chi connectivity index (χ0n) is 17.4. The third-order valence-electron chi connectivity index (χ3n) is 7.65. The summed E-state index contributed by atoms with van der Waals surface area (Å²) in [4.78, 5) is 5.10. The molecule has 1 aliphatic carbocycles. The van der Waals surface area contributed by atoms with E-state index in [1.807, 2.05) is 25.1 Å². The third kappa shape index (κ3) is 3.77. The molecule has 29 heavy (non-hydrogen) atoms. The van der Waals surface area contributed by atoms with Crippen molar-refractivity contribution in [2.24, 2.45) is 5.41 Å². The summed E-state index contributed by atoms with van der Waals surface area (Å²) in [6, 6.07) is 10.0. The summed E-state index contributed by atoms with van der Waals surface area (Å²) in [5.41, 5.74) is 2.57. The molecule has 2 saturated heterocycles. The highest BCUT2D eigenvalue weighted by molar-refractivity contribution is 5.61. The minimum atomic E-state index is -0.236. The molecular weight excluding hydrogens is 363 g/mol. The predicted molar refractivity (Wildman–Crippen MR) is 114 cm³/mol. The number of benzene rings is 1. The minimum absolute atomic E-state index is 0.236. The largest absolute Gasteiger partial charge is 0.355 e. The summed E-state index contributed by atoms with van der Waals surface area (Å²) >= 11 is 0. The zero-order chi connectivity index (χ0) is 19.8. The van der Waals surface area contributed by atoms with Crippen molar-refractivity contribution >= 4 is 5.82 Å². The van der Waals surface area contributed by atoms with Gasteiger partial charge in [0.15, 0.2) is 5.82 Å². The van der Waals surface area contributed by atoms with Crippen LogP contribution in [0.4, 0.5) is 10.2 Å². The number of hydrogen-bond acceptors (Lipinski definition) is 4. The number of nitrogens with zero attached hydrogens (tertiary/aromatic N) is 4. The first-order valence-corrected chi connectivity index (χ1v) is 11.2. The van der Waals surface area contributed by atoms with Crippen LogP contribution >= 0.6 is 0 Å². The Balaban J connectivity index is 1.20. The molecule has 5 heteroatoms. The molecule has 1 saturated carbocycles. The van der Waals surface area contributed by atoms with Gasteiger partial charge in [0.25, 0.3) is 0 Å². The fourth-order valence-electron chi connectivity index (χ4n) is 5.29. The van der Waals surface area contributed by atoms with Crippen LogP contribution in [0.25, 0.3) is 11.3 Å². The Morgan fingerprint density at radius 3 is 2.24 bits per heavy atom. The second-order valence-electron chi connectivity index (χ2n) is 9.37. The molecule has 0 amide bonds. The number of aromatic nitrogens is 2. The molecule has 2 aliphatic heterocycles. The number of rotatable bonds is 3. The van der Waals surface area contributed by atoms with Gasteiger partial charge in [-0.15, -0.1) is 10.2 Å². The lowest BCUT2D eigenvalue weighted by atomic mass is 9.70. The van der Waals surface area contributed by atoms with Crippen LogP contribution in [0.1, 0.15) is 50.5 Å². The summed E-state index contributed by atoms with van der Waals surface area (Å²) in [6.07, 6.45) is 9.48. The first-order valence-electron chi connectivity index (χ1n) is 11.2. The molecule has 0 radical (unpaired) electrons. The van der Waals surface area contributed by atoms with Crippen LogP contribution in [-0.2, 0) is 0 Å². The Labute approximate surface area is 173 Å². The molecule has 1 aromatic carbocycles. The van der Waals surface area contributed by atoms with Gasteiger partial charge in [-0.2, -0.15) is 0 Å². The molecule has 1 spiro atoms. The van der Waals surface area contributed by atoms with Crippen LogP contribution in [0, 0.1) is 18.2 Å². The lowest BCUT2D eigenvalue weighted by Crippen LogP contribution is -2.51. The number of halogens is 1. The van der Waals surface area contributed by atoms with Gasteiger partial charge >= 0.3 is 0 Å². The van der Waals surface area contributed by atoms with E-state index in [1.165, 1.54) is 58.0 Å². The highest BCUT2D eigenvalue weighted by Crippen LogP contribution is 2.43. The van der Waals surface area contributed by atoms with Crippen LogP contribution < -0.4 is 4.90 Å². The van der Waals surface area contributed by atoms with E-state index in [2.05, 4.69) is 20.0 Å². The van der Waals surface area contributed by atoms with E-state index in [0.717, 1.165) is 30.5 Å². The van der Waals surface area contributed by atoms with Gasteiger partial charge in [-0.3, -0.25) is 0 Å². The normalized spacial score (nSPS) is 22.6. The van der Waals surface area contributed by atoms with Crippen molar-refractivity contribution in [1.29, 1.82) is 0 Å². The van der Waals surface area contributed by atoms with Crippen LogP contribution in [-0.4, -0.2) is 47.3 Å². The second kappa shape index (κ2) is 7.67. The highest BCUT2D eigenvalue weighted by atomic mass is 19.1. The van der Waals surface area contributed by atoms with Gasteiger partial charge in [0.1, 0.15) is 5.82 Å². The molecule has 0 atom stereocenters. The van der Waals surface area contributed by atoms with Crippen LogP contribution in [0.3, 0.4) is 0 Å². The summed E-state index contributed by atoms with van der Waals surface area (Å²) in [5, 5.41) is 8.76. The quantitative estimate of drug-likeness (QED) is 0.747. The van der Waals surface area contributed by atoms with Crippen molar-refractivity contribution in [3.8, 4) is 11.3 Å². The maximum atomic E-state index is 14.2. The monoisotopic (exact) mass is 394 g/mol. The topological polar surface area (TPSA) is 32.3 Å². The maximum Gasteiger partial charge on any atom is 0.151 e. The fraction of sp³-hybridized carbons (Fsp3) is 0.583. The van der Waals surface area contributed by atoms with Gasteiger partial charge in [0.2, 0.25) is 0 Å². The minimum Gasteiger partial charge on any atom is -0.355 e. The first-order chi connectivity index (χ1) is 14.1. The molecule has 3 fully saturated rings. The van der Waals surface area contributed by atoms with Gasteiger partial charge in [0, 0.05) is 24.7 Å². The van der Waals surface area contributed by atoms with E-state index in [4.69, 9.17) is 0 Å². The van der Waals surface area contributed by atoms with Crippen LogP contribution in [0.5, 0.6) is 0 Å². The van der Waals surface area contributed by atoms with Gasteiger partial charge in [0.05, 0.1) is 5.69 Å². The standard InChI is InChI=1S/C24H31FN4/c1-18-5-6-20(21(25)17-18)22-7-8-23(27-26-22)29-15-11-24(12-16-29)9-13-28(14-10-24)19-3-2-4-19/h5-8,17,19H,2-4,9-16H2,1H3. The van der Waals surface area contributed by atoms with E-state index >= 15 is 0 Å². The predicted octanol–water partition coefficient (Wildman–Crippen LogP) is 4.83. The van der Waals surface area contributed by atoms with Crippen molar-refractivity contribution in [3.63, 3.8) is 0 Å². The molecule has 3 heterocycles. The van der Waals surface area contributed by atoms with E-state index in [-0.39, 0.29) is 5.82 Å². The summed E-state index contributed by atoms with van der Waals surface area (Å²) < 4.78 is 14.2. The lowest BCUT2D eigenvalue weighted by molar-refractivity contribution is 0.0305. The Morgan fingerprint density at radius 2 is 1.66 bits per heavy atom. The van der Waals surface area contributed by atoms with Crippen LogP contribution in [0.2, 0.25) is 0 Å². The molecule has 5 rings (SSSR count). The lowest BCUT2D eigenvalue weighted by Gasteiger charge is -2.50. The average Bonchev–Trinajstić information content (AvgIpc) is 2.70. The Bertz CT molecular complexity index is 844. The summed E-state index contributed by atoms with van der Waals surface area (Å²) in [7, 11) is 0. The molecule has 1 aromatic heterocycles. The summed E-state index contributed by atoms with van der Waals surface area (Å²) in [6.45, 7) is 6.58. The number of hydrogen-bond donors (Lipinski definition) is 0. The average molecular weight is 395 g/mol. The molecule has 0 unspecified atom stereocenters. The van der Waals surface area contributed by atoms with E-state index in [1.54, 1.807) is 12.1 Å². The number of likely N-dealkylation sites (tertiary alicyclic amines) is 1. The smallest absolute Gasteiger partial charge is 0.151 e. The summed E-state index contributed by atoms with van der Waals surface area (Å²) in [5.74, 6) is 0.684. The first kappa shape index (κ1) is 19.0. The zero-order valence-corrected chi connectivity index (χ0v) is 17.4. The van der Waals surface area contributed by atoms with E-state index < -0.39 is 0 Å². The highest BCUT2D eigenvalue weighted by Gasteiger charge is 2.39. The van der Waals surface area contributed by atoms with Gasteiger partial charge in [-0.25, -0.2) is 4.39 Å². The Kier molecular flexibility index (Phi) is 5.02. The van der Waals surface area contributed by atoms with E-state index in [9.17, 15) is 4.39 Å². The molecule has 0 bridgehead atoms. The van der Waals surface area contributed by atoms with Crippen molar-refractivity contribution in [1.82, 2.24) is 15.1 Å². The molecule has 0 N–H and O–H groups in total. The number of anilines is 1. The van der Waals surface area contributed by atoms with Crippen molar-refractivity contribution in [2.45, 2.75) is 57.9 Å². The van der Waals surface area contributed by atoms with Gasteiger partial charge in [-0.1, -0.05) is 12.5 Å². The van der Waals surface area contributed by atoms with Gasteiger partial charge in [-0.05, 0) is 93.8 Å². The van der Waals surface area contributed by atoms with Crippen molar-refractivity contribution in [2.75, 3.05) is 31.1 Å². The maximum absolute atomic E-state index is 14.2.